The van der Waals surface area contributed by atoms with Crippen LogP contribution in [0.5, 0.6) is 0 Å². The van der Waals surface area contributed by atoms with Crippen molar-refractivity contribution in [1.29, 1.82) is 0 Å². The number of halogens is 1. The molecule has 0 N–H and O–H groups in total. The van der Waals surface area contributed by atoms with Crippen molar-refractivity contribution in [1.82, 2.24) is 14.9 Å². The van der Waals surface area contributed by atoms with Gasteiger partial charge in [-0.3, -0.25) is 14.8 Å². The molecule has 0 bridgehead atoms. The standard InChI is InChI=1S/C15H17BrN4O/c1-19(7-8-20-6-2-3-14(20)21)13-4-5-17-12-9-11(16)10-18-15(12)13/h4-5,9-10H,2-3,6-8H2,1H3. The van der Waals surface area contributed by atoms with E-state index in [9.17, 15) is 4.79 Å². The summed E-state index contributed by atoms with van der Waals surface area (Å²) in [6.07, 6.45) is 5.25. The van der Waals surface area contributed by atoms with Gasteiger partial charge >= 0.3 is 0 Å². The van der Waals surface area contributed by atoms with Crippen molar-refractivity contribution >= 4 is 38.6 Å². The summed E-state index contributed by atoms with van der Waals surface area (Å²) in [5.41, 5.74) is 2.79. The summed E-state index contributed by atoms with van der Waals surface area (Å²) in [7, 11) is 2.03. The Balaban J connectivity index is 1.78. The number of aromatic nitrogens is 2. The summed E-state index contributed by atoms with van der Waals surface area (Å²) >= 11 is 3.42. The number of nitrogens with zero attached hydrogens (tertiary/aromatic N) is 4. The zero-order valence-electron chi connectivity index (χ0n) is 11.9. The van der Waals surface area contributed by atoms with Gasteiger partial charge in [0, 0.05) is 50.0 Å². The average Bonchev–Trinajstić information content (AvgIpc) is 2.89. The lowest BCUT2D eigenvalue weighted by atomic mass is 10.2. The van der Waals surface area contributed by atoms with Crippen molar-refractivity contribution in [2.24, 2.45) is 0 Å². The normalized spacial score (nSPS) is 15.0. The summed E-state index contributed by atoms with van der Waals surface area (Å²) in [5.74, 6) is 0.269. The molecule has 21 heavy (non-hydrogen) atoms. The van der Waals surface area contributed by atoms with Crippen LogP contribution < -0.4 is 4.90 Å². The molecule has 0 saturated carbocycles. The van der Waals surface area contributed by atoms with E-state index >= 15 is 0 Å². The van der Waals surface area contributed by atoms with E-state index < -0.39 is 0 Å². The maximum absolute atomic E-state index is 11.7. The van der Waals surface area contributed by atoms with E-state index in [2.05, 4.69) is 30.8 Å². The van der Waals surface area contributed by atoms with Crippen LogP contribution in [0.2, 0.25) is 0 Å². The van der Waals surface area contributed by atoms with Gasteiger partial charge in [0.05, 0.1) is 11.2 Å². The minimum atomic E-state index is 0.269. The minimum Gasteiger partial charge on any atom is -0.371 e. The zero-order valence-corrected chi connectivity index (χ0v) is 13.5. The van der Waals surface area contributed by atoms with E-state index in [0.29, 0.717) is 6.42 Å². The first kappa shape index (κ1) is 14.3. The van der Waals surface area contributed by atoms with E-state index in [1.807, 2.05) is 24.1 Å². The Morgan fingerprint density at radius 2 is 2.29 bits per heavy atom. The van der Waals surface area contributed by atoms with Gasteiger partial charge in [0.25, 0.3) is 0 Å². The molecule has 0 aliphatic carbocycles. The SMILES string of the molecule is CN(CCN1CCCC1=O)c1ccnc2cc(Br)cnc12. The van der Waals surface area contributed by atoms with Crippen molar-refractivity contribution in [2.75, 3.05) is 31.6 Å². The molecule has 0 unspecified atom stereocenters. The third-order valence-electron chi connectivity index (χ3n) is 3.81. The topological polar surface area (TPSA) is 49.3 Å². The van der Waals surface area contributed by atoms with Crippen molar-refractivity contribution in [3.63, 3.8) is 0 Å². The Bertz CT molecular complexity index is 676. The second-order valence-electron chi connectivity index (χ2n) is 5.26. The highest BCUT2D eigenvalue weighted by Crippen LogP contribution is 2.24. The van der Waals surface area contributed by atoms with Gasteiger partial charge in [-0.05, 0) is 34.5 Å². The number of carbonyl (C=O) groups is 1. The van der Waals surface area contributed by atoms with Gasteiger partial charge in [-0.15, -0.1) is 0 Å². The molecule has 3 rings (SSSR count). The zero-order chi connectivity index (χ0) is 14.8. The molecule has 0 radical (unpaired) electrons. The second kappa shape index (κ2) is 5.97. The molecule has 1 saturated heterocycles. The molecule has 0 spiro atoms. The predicted octanol–water partition coefficient (Wildman–Crippen LogP) is 2.45. The van der Waals surface area contributed by atoms with E-state index in [-0.39, 0.29) is 5.91 Å². The maximum Gasteiger partial charge on any atom is 0.222 e. The highest BCUT2D eigenvalue weighted by molar-refractivity contribution is 9.10. The molecule has 6 heteroatoms. The van der Waals surface area contributed by atoms with Crippen molar-refractivity contribution in [2.45, 2.75) is 12.8 Å². The molecule has 0 atom stereocenters. The summed E-state index contributed by atoms with van der Waals surface area (Å²) < 4.78 is 0.921. The second-order valence-corrected chi connectivity index (χ2v) is 6.17. The quantitative estimate of drug-likeness (QED) is 0.851. The van der Waals surface area contributed by atoms with Gasteiger partial charge < -0.3 is 9.80 Å². The van der Waals surface area contributed by atoms with Gasteiger partial charge in [-0.1, -0.05) is 0 Å². The van der Waals surface area contributed by atoms with Crippen LogP contribution in [0.4, 0.5) is 5.69 Å². The number of likely N-dealkylation sites (tertiary alicyclic amines) is 1. The molecule has 1 amide bonds. The molecule has 0 aromatic carbocycles. The largest absolute Gasteiger partial charge is 0.371 e. The molecular formula is C15H17BrN4O. The number of amides is 1. The van der Waals surface area contributed by atoms with Crippen LogP contribution in [0, 0.1) is 0 Å². The van der Waals surface area contributed by atoms with E-state index in [4.69, 9.17) is 0 Å². The van der Waals surface area contributed by atoms with E-state index in [1.54, 1.807) is 12.4 Å². The Kier molecular flexibility index (Phi) is 4.05. The lowest BCUT2D eigenvalue weighted by Gasteiger charge is -2.24. The van der Waals surface area contributed by atoms with Crippen molar-refractivity contribution in [3.05, 3.63) is 29.0 Å². The maximum atomic E-state index is 11.7. The number of pyridine rings is 2. The van der Waals surface area contributed by atoms with Crippen molar-refractivity contribution < 1.29 is 4.79 Å². The number of carbonyl (C=O) groups excluding carboxylic acids is 1. The van der Waals surface area contributed by atoms with E-state index in [1.165, 1.54) is 0 Å². The summed E-state index contributed by atoms with van der Waals surface area (Å²) in [6, 6.07) is 3.93. The van der Waals surface area contributed by atoms with Crippen LogP contribution >= 0.6 is 15.9 Å². The average molecular weight is 349 g/mol. The number of hydrogen-bond acceptors (Lipinski definition) is 4. The van der Waals surface area contributed by atoms with Gasteiger partial charge in [0.1, 0.15) is 5.52 Å². The smallest absolute Gasteiger partial charge is 0.222 e. The molecule has 2 aromatic rings. The monoisotopic (exact) mass is 348 g/mol. The van der Waals surface area contributed by atoms with Crippen LogP contribution in [0.1, 0.15) is 12.8 Å². The van der Waals surface area contributed by atoms with E-state index in [0.717, 1.165) is 47.2 Å². The molecule has 110 valence electrons. The number of likely N-dealkylation sites (N-methyl/N-ethyl adjacent to an activating group) is 1. The van der Waals surface area contributed by atoms with Crippen LogP contribution in [0.15, 0.2) is 29.0 Å². The predicted molar refractivity (Wildman–Crippen MR) is 86.3 cm³/mol. The van der Waals surface area contributed by atoms with Gasteiger partial charge in [-0.2, -0.15) is 0 Å². The molecular weight excluding hydrogens is 332 g/mol. The third-order valence-corrected chi connectivity index (χ3v) is 4.24. The first-order valence-electron chi connectivity index (χ1n) is 7.04. The fourth-order valence-corrected chi connectivity index (χ4v) is 2.95. The fourth-order valence-electron chi connectivity index (χ4n) is 2.63. The molecule has 1 aliphatic rings. The summed E-state index contributed by atoms with van der Waals surface area (Å²) in [6.45, 7) is 2.44. The lowest BCUT2D eigenvalue weighted by molar-refractivity contribution is -0.127. The lowest BCUT2D eigenvalue weighted by Crippen LogP contribution is -2.34. The molecule has 1 aliphatic heterocycles. The third kappa shape index (κ3) is 3.00. The summed E-state index contributed by atoms with van der Waals surface area (Å²) in [4.78, 5) is 24.5. The number of hydrogen-bond donors (Lipinski definition) is 0. The van der Waals surface area contributed by atoms with Crippen molar-refractivity contribution in [3.8, 4) is 0 Å². The first-order valence-corrected chi connectivity index (χ1v) is 7.83. The van der Waals surface area contributed by atoms with Gasteiger partial charge in [0.15, 0.2) is 0 Å². The number of fused-ring (bicyclic) bond motifs is 1. The highest BCUT2D eigenvalue weighted by Gasteiger charge is 2.20. The minimum absolute atomic E-state index is 0.269. The molecule has 2 aromatic heterocycles. The Labute approximate surface area is 132 Å². The molecule has 3 heterocycles. The highest BCUT2D eigenvalue weighted by atomic mass is 79.9. The number of anilines is 1. The fraction of sp³-hybridized carbons (Fsp3) is 0.400. The molecule has 1 fully saturated rings. The summed E-state index contributed by atoms with van der Waals surface area (Å²) in [5, 5.41) is 0. The molecule has 5 nitrogen and oxygen atoms in total. The van der Waals surface area contributed by atoms with Crippen LogP contribution in [-0.4, -0.2) is 47.5 Å². The van der Waals surface area contributed by atoms with Crippen LogP contribution in [0.3, 0.4) is 0 Å². The first-order chi connectivity index (χ1) is 10.1. The number of rotatable bonds is 4. The Morgan fingerprint density at radius 1 is 1.43 bits per heavy atom. The Hall–Kier alpha value is -1.69. The van der Waals surface area contributed by atoms with Gasteiger partial charge in [-0.25, -0.2) is 0 Å². The van der Waals surface area contributed by atoms with Gasteiger partial charge in [0.2, 0.25) is 5.91 Å². The Morgan fingerprint density at radius 3 is 3.05 bits per heavy atom. The van der Waals surface area contributed by atoms with Crippen LogP contribution in [0.25, 0.3) is 11.0 Å². The van der Waals surface area contributed by atoms with Crippen LogP contribution in [-0.2, 0) is 4.79 Å².